The van der Waals surface area contributed by atoms with Crippen LogP contribution in [0.25, 0.3) is 10.2 Å². The van der Waals surface area contributed by atoms with Gasteiger partial charge < -0.3 is 10.1 Å². The number of benzene rings is 2. The van der Waals surface area contributed by atoms with Gasteiger partial charge in [0.2, 0.25) is 10.0 Å². The normalized spacial score (nSPS) is 14.8. The molecule has 1 N–H and O–H groups in total. The van der Waals surface area contributed by atoms with E-state index < -0.39 is 28.5 Å². The van der Waals surface area contributed by atoms with Crippen molar-refractivity contribution in [3.05, 3.63) is 53.5 Å². The molecule has 0 spiro atoms. The number of hydrogen-bond donors (Lipinski definition) is 1. The zero-order valence-electron chi connectivity index (χ0n) is 18.0. The Bertz CT molecular complexity index is 1220. The molecule has 1 aliphatic rings. The zero-order valence-corrected chi connectivity index (χ0v) is 19.7. The van der Waals surface area contributed by atoms with Crippen LogP contribution >= 0.6 is 11.3 Å². The Balaban J connectivity index is 1.27. The van der Waals surface area contributed by atoms with Crippen LogP contribution in [0.15, 0.2) is 53.4 Å². The Morgan fingerprint density at radius 1 is 1.06 bits per heavy atom. The van der Waals surface area contributed by atoms with Crippen molar-refractivity contribution in [1.82, 2.24) is 9.29 Å². The van der Waals surface area contributed by atoms with E-state index in [9.17, 15) is 18.0 Å². The zero-order chi connectivity index (χ0) is 23.3. The summed E-state index contributed by atoms with van der Waals surface area (Å²) in [6, 6.07) is 13.9. The van der Waals surface area contributed by atoms with Crippen LogP contribution in [0.2, 0.25) is 0 Å². The molecule has 0 bridgehead atoms. The molecule has 1 amide bonds. The number of fused-ring (bicyclic) bond motifs is 1. The second-order valence-electron chi connectivity index (χ2n) is 7.78. The van der Waals surface area contributed by atoms with E-state index in [1.807, 2.05) is 24.3 Å². The molecule has 1 aliphatic heterocycles. The van der Waals surface area contributed by atoms with Gasteiger partial charge in [0.15, 0.2) is 6.61 Å². The maximum absolute atomic E-state index is 12.8. The maximum Gasteiger partial charge on any atom is 0.306 e. The molecular weight excluding hydrogens is 462 g/mol. The van der Waals surface area contributed by atoms with E-state index in [2.05, 4.69) is 10.3 Å². The van der Waals surface area contributed by atoms with Crippen LogP contribution in [-0.4, -0.2) is 49.3 Å². The van der Waals surface area contributed by atoms with E-state index in [-0.39, 0.29) is 11.3 Å². The largest absolute Gasteiger partial charge is 0.456 e. The van der Waals surface area contributed by atoms with E-state index >= 15 is 0 Å². The molecule has 2 heterocycles. The van der Waals surface area contributed by atoms with E-state index in [0.717, 1.165) is 34.5 Å². The lowest BCUT2D eigenvalue weighted by molar-refractivity contribution is -0.147. The molecule has 10 heteroatoms. The van der Waals surface area contributed by atoms with Crippen LogP contribution in [0.3, 0.4) is 0 Å². The summed E-state index contributed by atoms with van der Waals surface area (Å²) in [6.45, 7) is 0.569. The number of nitrogens with zero attached hydrogens (tertiary/aromatic N) is 2. The highest BCUT2D eigenvalue weighted by Crippen LogP contribution is 2.24. The minimum absolute atomic E-state index is 0.122. The second kappa shape index (κ2) is 10.4. The lowest BCUT2D eigenvalue weighted by Crippen LogP contribution is -2.35. The molecule has 0 radical (unpaired) electrons. The third-order valence-electron chi connectivity index (χ3n) is 5.32. The number of anilines is 1. The number of rotatable bonds is 8. The predicted octanol–water partition coefficient (Wildman–Crippen LogP) is 3.59. The quantitative estimate of drug-likeness (QED) is 0.487. The summed E-state index contributed by atoms with van der Waals surface area (Å²) >= 11 is 1.53. The Labute approximate surface area is 196 Å². The molecule has 1 aromatic heterocycles. The molecule has 0 saturated carbocycles. The molecule has 3 aromatic rings. The highest BCUT2D eigenvalue weighted by Gasteiger charge is 2.26. The molecule has 0 aliphatic carbocycles. The van der Waals surface area contributed by atoms with Gasteiger partial charge in [-0.15, -0.1) is 11.3 Å². The molecule has 1 fully saturated rings. The first-order chi connectivity index (χ1) is 15.9. The first-order valence-electron chi connectivity index (χ1n) is 10.8. The molecule has 174 valence electrons. The summed E-state index contributed by atoms with van der Waals surface area (Å²) in [5.41, 5.74) is 1.23. The van der Waals surface area contributed by atoms with Gasteiger partial charge in [-0.1, -0.05) is 24.6 Å². The Kier molecular flexibility index (Phi) is 7.36. The van der Waals surface area contributed by atoms with Gasteiger partial charge in [0.05, 0.1) is 26.5 Å². The summed E-state index contributed by atoms with van der Waals surface area (Å²) in [6.07, 6.45) is 3.29. The van der Waals surface area contributed by atoms with E-state index in [4.69, 9.17) is 4.74 Å². The van der Waals surface area contributed by atoms with Crippen molar-refractivity contribution in [3.8, 4) is 0 Å². The number of aryl methyl sites for hydroxylation is 1. The first kappa shape index (κ1) is 23.3. The third kappa shape index (κ3) is 5.95. The molecule has 2 aromatic carbocycles. The van der Waals surface area contributed by atoms with E-state index in [1.165, 1.54) is 27.8 Å². The summed E-state index contributed by atoms with van der Waals surface area (Å²) in [5.74, 6) is -1.03. The van der Waals surface area contributed by atoms with Gasteiger partial charge >= 0.3 is 5.97 Å². The lowest BCUT2D eigenvalue weighted by Gasteiger charge is -2.26. The van der Waals surface area contributed by atoms with Gasteiger partial charge in [-0.05, 0) is 43.2 Å². The van der Waals surface area contributed by atoms with Gasteiger partial charge in [-0.2, -0.15) is 4.31 Å². The van der Waals surface area contributed by atoms with Gasteiger partial charge in [-0.25, -0.2) is 13.4 Å². The highest BCUT2D eigenvalue weighted by molar-refractivity contribution is 7.89. The standard InChI is InChI=1S/C23H25N3O5S2/c27-21(16-31-23(28)12-11-22-25-19-9-2-3-10-20(19)32-22)24-17-7-6-8-18(15-17)33(29,30)26-13-4-1-5-14-26/h2-3,6-10,15H,1,4-5,11-14,16H2,(H,24,27). The van der Waals surface area contributed by atoms with Crippen molar-refractivity contribution in [2.24, 2.45) is 0 Å². The molecule has 8 nitrogen and oxygen atoms in total. The molecule has 0 atom stereocenters. The predicted molar refractivity (Wildman–Crippen MR) is 127 cm³/mol. The summed E-state index contributed by atoms with van der Waals surface area (Å²) in [7, 11) is -3.60. The Morgan fingerprint density at radius 3 is 2.64 bits per heavy atom. The smallest absolute Gasteiger partial charge is 0.306 e. The number of thiazole rings is 1. The van der Waals surface area contributed by atoms with Crippen LogP contribution in [-0.2, 0) is 30.8 Å². The summed E-state index contributed by atoms with van der Waals surface area (Å²) < 4.78 is 33.3. The van der Waals surface area contributed by atoms with Crippen LogP contribution in [0, 0.1) is 0 Å². The number of esters is 1. The van der Waals surface area contributed by atoms with Gasteiger partial charge in [-0.3, -0.25) is 9.59 Å². The number of carbonyl (C=O) groups is 2. The number of carbonyl (C=O) groups excluding carboxylic acids is 2. The lowest BCUT2D eigenvalue weighted by atomic mass is 10.2. The van der Waals surface area contributed by atoms with Crippen molar-refractivity contribution in [2.75, 3.05) is 25.0 Å². The van der Waals surface area contributed by atoms with Gasteiger partial charge in [0.1, 0.15) is 0 Å². The second-order valence-corrected chi connectivity index (χ2v) is 10.8. The van der Waals surface area contributed by atoms with Gasteiger partial charge in [0, 0.05) is 25.2 Å². The van der Waals surface area contributed by atoms with E-state index in [0.29, 0.717) is 25.2 Å². The number of sulfonamides is 1. The number of aromatic nitrogens is 1. The minimum Gasteiger partial charge on any atom is -0.456 e. The number of nitrogens with one attached hydrogen (secondary N) is 1. The summed E-state index contributed by atoms with van der Waals surface area (Å²) in [5, 5.41) is 3.43. The average Bonchev–Trinajstić information content (AvgIpc) is 3.25. The fourth-order valence-electron chi connectivity index (χ4n) is 3.64. The van der Waals surface area contributed by atoms with E-state index in [1.54, 1.807) is 12.1 Å². The summed E-state index contributed by atoms with van der Waals surface area (Å²) in [4.78, 5) is 28.9. The molecule has 0 unspecified atom stereocenters. The number of para-hydroxylation sites is 1. The number of piperidine rings is 1. The van der Waals surface area contributed by atoms with Crippen LogP contribution in [0.5, 0.6) is 0 Å². The Morgan fingerprint density at radius 2 is 1.85 bits per heavy atom. The van der Waals surface area contributed by atoms with Gasteiger partial charge in [0.25, 0.3) is 5.91 Å². The molecule has 4 rings (SSSR count). The number of ether oxygens (including phenoxy) is 1. The average molecular weight is 488 g/mol. The minimum atomic E-state index is -3.60. The van der Waals surface area contributed by atoms with Crippen molar-refractivity contribution >= 4 is 49.1 Å². The number of hydrogen-bond acceptors (Lipinski definition) is 7. The highest BCUT2D eigenvalue weighted by atomic mass is 32.2. The monoisotopic (exact) mass is 487 g/mol. The first-order valence-corrected chi connectivity index (χ1v) is 13.1. The van der Waals surface area contributed by atoms with Crippen LogP contribution in [0.1, 0.15) is 30.7 Å². The maximum atomic E-state index is 12.8. The molecule has 33 heavy (non-hydrogen) atoms. The number of amides is 1. The van der Waals surface area contributed by atoms with Crippen molar-refractivity contribution in [1.29, 1.82) is 0 Å². The molecule has 1 saturated heterocycles. The van der Waals surface area contributed by atoms with Crippen LogP contribution in [0.4, 0.5) is 5.69 Å². The third-order valence-corrected chi connectivity index (χ3v) is 8.31. The molecular formula is C23H25N3O5S2. The Hall–Kier alpha value is -2.82. The van der Waals surface area contributed by atoms with Crippen molar-refractivity contribution < 1.29 is 22.7 Å². The fourth-order valence-corrected chi connectivity index (χ4v) is 6.17. The van der Waals surface area contributed by atoms with Crippen molar-refractivity contribution in [2.45, 2.75) is 37.0 Å². The van der Waals surface area contributed by atoms with Crippen molar-refractivity contribution in [3.63, 3.8) is 0 Å². The van der Waals surface area contributed by atoms with Crippen LogP contribution < -0.4 is 5.32 Å². The fraction of sp³-hybridized carbons (Fsp3) is 0.348. The SMILES string of the molecule is O=C(COC(=O)CCc1nc2ccccc2s1)Nc1cccc(S(=O)(=O)N2CCCCC2)c1. The topological polar surface area (TPSA) is 106 Å².